The molecule has 0 saturated heterocycles. The molecule has 2 aromatic rings. The molecule has 0 atom stereocenters. The number of esters is 2. The van der Waals surface area contributed by atoms with Gasteiger partial charge in [-0.1, -0.05) is 48.5 Å². The Morgan fingerprint density at radius 2 is 1.00 bits per heavy atom. The van der Waals surface area contributed by atoms with Crippen molar-refractivity contribution in [2.75, 3.05) is 13.2 Å². The molecular formula is C24H20O6. The number of benzene rings is 2. The molecule has 30 heavy (non-hydrogen) atoms. The van der Waals surface area contributed by atoms with Crippen LogP contribution in [0.15, 0.2) is 71.2 Å². The molecule has 0 fully saturated rings. The highest BCUT2D eigenvalue weighted by atomic mass is 16.6. The average molecular weight is 404 g/mol. The van der Waals surface area contributed by atoms with Crippen LogP contribution in [-0.2, 0) is 41.8 Å². The fraction of sp³-hybridized carbons (Fsp3) is 0.250. The van der Waals surface area contributed by atoms with E-state index in [2.05, 4.69) is 0 Å². The number of hydrogen-bond acceptors (Lipinski definition) is 6. The topological polar surface area (TPSA) is 71.1 Å². The number of hydrogen-bond donors (Lipinski definition) is 0. The van der Waals surface area contributed by atoms with Gasteiger partial charge in [0, 0.05) is 12.8 Å². The smallest absolute Gasteiger partial charge is 0.338 e. The van der Waals surface area contributed by atoms with Crippen LogP contribution in [-0.4, -0.2) is 25.2 Å². The standard InChI is InChI=1S/C24H20O6/c25-23-19-9-11-27-21(19)22-20(10-12-28-22)24(26)30-14-16-6-2-4-8-18(16)17-7-3-1-5-15(17)13-29-23/h1-8H,9-14H2. The monoisotopic (exact) mass is 404 g/mol. The second-order valence-electron chi connectivity index (χ2n) is 7.28. The van der Waals surface area contributed by atoms with Crippen LogP contribution in [0.1, 0.15) is 24.0 Å². The lowest BCUT2D eigenvalue weighted by atomic mass is 9.96. The van der Waals surface area contributed by atoms with Gasteiger partial charge < -0.3 is 18.9 Å². The molecule has 6 nitrogen and oxygen atoms in total. The van der Waals surface area contributed by atoms with Gasteiger partial charge in [0.15, 0.2) is 11.5 Å². The Morgan fingerprint density at radius 3 is 1.47 bits per heavy atom. The molecule has 3 aliphatic heterocycles. The van der Waals surface area contributed by atoms with Gasteiger partial charge in [0.05, 0.1) is 24.4 Å². The van der Waals surface area contributed by atoms with Crippen molar-refractivity contribution in [3.8, 4) is 11.1 Å². The zero-order chi connectivity index (χ0) is 20.5. The fourth-order valence-corrected chi connectivity index (χ4v) is 3.98. The predicted molar refractivity (Wildman–Crippen MR) is 107 cm³/mol. The number of rotatable bonds is 0. The van der Waals surface area contributed by atoms with Crippen molar-refractivity contribution in [3.05, 3.63) is 82.3 Å². The third-order valence-electron chi connectivity index (χ3n) is 5.49. The minimum Gasteiger partial charge on any atom is -0.489 e. The molecule has 3 heterocycles. The Kier molecular flexibility index (Phi) is 4.75. The van der Waals surface area contributed by atoms with Gasteiger partial charge in [0.2, 0.25) is 0 Å². The summed E-state index contributed by atoms with van der Waals surface area (Å²) in [6.07, 6.45) is 0.821. The molecule has 0 radical (unpaired) electrons. The lowest BCUT2D eigenvalue weighted by molar-refractivity contribution is -0.141. The van der Waals surface area contributed by atoms with E-state index in [1.165, 1.54) is 0 Å². The molecule has 5 rings (SSSR count). The third-order valence-corrected chi connectivity index (χ3v) is 5.49. The molecule has 0 N–H and O–H groups in total. The van der Waals surface area contributed by atoms with Crippen LogP contribution in [0.3, 0.4) is 0 Å². The summed E-state index contributed by atoms with van der Waals surface area (Å²) in [5, 5.41) is 0. The Hall–Kier alpha value is -3.54. The highest BCUT2D eigenvalue weighted by Gasteiger charge is 2.34. The number of ether oxygens (including phenoxy) is 4. The molecule has 0 amide bonds. The lowest BCUT2D eigenvalue weighted by Gasteiger charge is -2.16. The SMILES string of the molecule is O=C1OCc2ccccc2-c2ccccc2COC(=O)C2=C(OCC2)C2=C1CCO2. The predicted octanol–water partition coefficient (Wildman–Crippen LogP) is 3.80. The molecule has 152 valence electrons. The van der Waals surface area contributed by atoms with Crippen molar-refractivity contribution in [1.82, 2.24) is 0 Å². The van der Waals surface area contributed by atoms with E-state index < -0.39 is 11.9 Å². The molecule has 0 spiro atoms. The molecule has 3 aliphatic rings. The summed E-state index contributed by atoms with van der Waals surface area (Å²) < 4.78 is 22.6. The highest BCUT2D eigenvalue weighted by molar-refractivity contribution is 5.93. The Labute approximate surface area is 173 Å². The second kappa shape index (κ2) is 7.71. The zero-order valence-corrected chi connectivity index (χ0v) is 16.3. The van der Waals surface area contributed by atoms with E-state index in [0.717, 1.165) is 22.3 Å². The van der Waals surface area contributed by atoms with Crippen molar-refractivity contribution in [3.63, 3.8) is 0 Å². The van der Waals surface area contributed by atoms with Crippen LogP contribution in [0.2, 0.25) is 0 Å². The second-order valence-corrected chi connectivity index (χ2v) is 7.28. The maximum atomic E-state index is 12.8. The molecule has 0 unspecified atom stereocenters. The summed E-state index contributed by atoms with van der Waals surface area (Å²) in [5.74, 6) is -0.317. The van der Waals surface area contributed by atoms with Crippen LogP contribution < -0.4 is 0 Å². The molecule has 0 aliphatic carbocycles. The molecule has 0 aromatic heterocycles. The number of carbonyl (C=O) groups excluding carboxylic acids is 2. The summed E-state index contributed by atoms with van der Waals surface area (Å²) in [5.41, 5.74) is 4.42. The van der Waals surface area contributed by atoms with Crippen LogP contribution in [0.25, 0.3) is 11.1 Å². The van der Waals surface area contributed by atoms with Gasteiger partial charge in [0.1, 0.15) is 13.2 Å². The van der Waals surface area contributed by atoms with Crippen LogP contribution in [0.4, 0.5) is 0 Å². The largest absolute Gasteiger partial charge is 0.489 e. The Balaban J connectivity index is 1.62. The van der Waals surface area contributed by atoms with Gasteiger partial charge in [0.25, 0.3) is 0 Å². The fourth-order valence-electron chi connectivity index (χ4n) is 3.98. The van der Waals surface area contributed by atoms with Crippen LogP contribution in [0.5, 0.6) is 0 Å². The summed E-state index contributed by atoms with van der Waals surface area (Å²) in [6, 6.07) is 15.5. The van der Waals surface area contributed by atoms with E-state index in [-0.39, 0.29) is 13.2 Å². The number of fused-ring (bicyclic) bond motifs is 4. The molecule has 2 aromatic carbocycles. The van der Waals surface area contributed by atoms with E-state index in [4.69, 9.17) is 18.9 Å². The molecule has 0 saturated carbocycles. The van der Waals surface area contributed by atoms with Gasteiger partial charge in [-0.15, -0.1) is 0 Å². The lowest BCUT2D eigenvalue weighted by Crippen LogP contribution is -2.13. The minimum absolute atomic E-state index is 0.132. The van der Waals surface area contributed by atoms with Crippen LogP contribution in [0, 0.1) is 0 Å². The molecular weight excluding hydrogens is 384 g/mol. The number of cyclic esters (lactones) is 2. The van der Waals surface area contributed by atoms with E-state index in [0.29, 0.717) is 48.7 Å². The van der Waals surface area contributed by atoms with E-state index >= 15 is 0 Å². The third kappa shape index (κ3) is 3.24. The number of carbonyl (C=O) groups is 2. The van der Waals surface area contributed by atoms with Crippen LogP contribution >= 0.6 is 0 Å². The average Bonchev–Trinajstić information content (AvgIpc) is 3.45. The molecule has 6 heteroatoms. The van der Waals surface area contributed by atoms with Gasteiger partial charge in [-0.3, -0.25) is 0 Å². The highest BCUT2D eigenvalue weighted by Crippen LogP contribution is 2.35. The minimum atomic E-state index is -0.460. The first-order valence-corrected chi connectivity index (χ1v) is 9.95. The van der Waals surface area contributed by atoms with Crippen molar-refractivity contribution >= 4 is 11.9 Å². The first-order valence-electron chi connectivity index (χ1n) is 9.95. The zero-order valence-electron chi connectivity index (χ0n) is 16.3. The summed E-state index contributed by atoms with van der Waals surface area (Å²) in [7, 11) is 0. The normalized spacial score (nSPS) is 18.8. The van der Waals surface area contributed by atoms with Gasteiger partial charge in [-0.05, 0) is 22.3 Å². The Bertz CT molecular complexity index is 1010. The van der Waals surface area contributed by atoms with Crippen molar-refractivity contribution in [2.24, 2.45) is 0 Å². The quantitative estimate of drug-likeness (QED) is 0.622. The van der Waals surface area contributed by atoms with Crippen molar-refractivity contribution < 1.29 is 28.5 Å². The maximum absolute atomic E-state index is 12.8. The summed E-state index contributed by atoms with van der Waals surface area (Å²) >= 11 is 0. The van der Waals surface area contributed by atoms with E-state index in [1.54, 1.807) is 0 Å². The maximum Gasteiger partial charge on any atom is 0.338 e. The van der Waals surface area contributed by atoms with Crippen molar-refractivity contribution in [2.45, 2.75) is 26.1 Å². The van der Waals surface area contributed by atoms with Gasteiger partial charge in [-0.25, -0.2) is 9.59 Å². The van der Waals surface area contributed by atoms with E-state index in [9.17, 15) is 9.59 Å². The van der Waals surface area contributed by atoms with Gasteiger partial charge in [-0.2, -0.15) is 0 Å². The summed E-state index contributed by atoms with van der Waals surface area (Å²) in [4.78, 5) is 25.7. The first kappa shape index (κ1) is 18.5. The van der Waals surface area contributed by atoms with Crippen molar-refractivity contribution in [1.29, 1.82) is 0 Å². The first-order chi connectivity index (χ1) is 14.7. The molecule has 0 bridgehead atoms. The van der Waals surface area contributed by atoms with E-state index in [1.807, 2.05) is 48.5 Å². The summed E-state index contributed by atoms with van der Waals surface area (Å²) in [6.45, 7) is 0.952. The van der Waals surface area contributed by atoms with Gasteiger partial charge >= 0.3 is 11.9 Å². The Morgan fingerprint density at radius 1 is 0.567 bits per heavy atom.